The summed E-state index contributed by atoms with van der Waals surface area (Å²) in [4.78, 5) is 31.7. The highest BCUT2D eigenvalue weighted by molar-refractivity contribution is 8.15. The second-order valence-electron chi connectivity index (χ2n) is 7.88. The van der Waals surface area contributed by atoms with E-state index in [0.717, 1.165) is 12.0 Å². The third-order valence-electron chi connectivity index (χ3n) is 5.02. The molecule has 6 heteroatoms. The van der Waals surface area contributed by atoms with Gasteiger partial charge in [0.25, 0.3) is 0 Å². The zero-order chi connectivity index (χ0) is 19.9. The summed E-state index contributed by atoms with van der Waals surface area (Å²) in [6, 6.07) is 7.63. The van der Waals surface area contributed by atoms with Gasteiger partial charge in [0.15, 0.2) is 5.17 Å². The number of carbonyl (C=O) groups excluding carboxylic acids is 2. The molecule has 0 spiro atoms. The summed E-state index contributed by atoms with van der Waals surface area (Å²) in [6.07, 6.45) is 0.724. The second kappa shape index (κ2) is 7.15. The normalized spacial score (nSPS) is 22.7. The molecule has 2 aliphatic heterocycles. The molecule has 0 bridgehead atoms. The summed E-state index contributed by atoms with van der Waals surface area (Å²) in [5.41, 5.74) is 3.15. The number of hydrogen-bond donors (Lipinski definition) is 0. The minimum Gasteiger partial charge on any atom is -0.466 e. The van der Waals surface area contributed by atoms with Crippen LogP contribution in [0.4, 0.5) is 0 Å². The molecular weight excluding hydrogens is 360 g/mol. The van der Waals surface area contributed by atoms with Crippen LogP contribution in [0.1, 0.15) is 58.2 Å². The Labute approximate surface area is 164 Å². The maximum atomic E-state index is 13.0. The molecule has 0 radical (unpaired) electrons. The largest absolute Gasteiger partial charge is 0.466 e. The topological polar surface area (TPSA) is 59.0 Å². The SMILES string of the molecule is CCC1SC2=NC(C)=C(C(=O)OC)C(c3ccc(C(C)(C)C)cc3)N2C1=O. The highest BCUT2D eigenvalue weighted by Crippen LogP contribution is 2.44. The van der Waals surface area contributed by atoms with Gasteiger partial charge < -0.3 is 4.74 Å². The van der Waals surface area contributed by atoms with Gasteiger partial charge in [0.1, 0.15) is 0 Å². The standard InChI is InChI=1S/C21H26N2O3S/c1-7-15-18(24)23-17(13-8-10-14(11-9-13)21(3,4)5)16(19(25)26-6)12(2)22-20(23)27-15/h8-11,15,17H,7H2,1-6H3. The van der Waals surface area contributed by atoms with Crippen molar-refractivity contribution in [2.24, 2.45) is 4.99 Å². The van der Waals surface area contributed by atoms with E-state index in [1.165, 1.54) is 24.4 Å². The lowest BCUT2D eigenvalue weighted by Gasteiger charge is -2.33. The van der Waals surface area contributed by atoms with Crippen molar-refractivity contribution in [3.05, 3.63) is 46.7 Å². The molecule has 2 unspecified atom stereocenters. The van der Waals surface area contributed by atoms with Crippen LogP contribution < -0.4 is 0 Å². The number of ether oxygens (including phenoxy) is 1. The molecule has 144 valence electrons. The molecule has 2 atom stereocenters. The quantitative estimate of drug-likeness (QED) is 0.731. The molecule has 1 saturated heterocycles. The Morgan fingerprint density at radius 2 is 1.89 bits per heavy atom. The summed E-state index contributed by atoms with van der Waals surface area (Å²) in [7, 11) is 1.36. The van der Waals surface area contributed by atoms with E-state index in [1.807, 2.05) is 19.1 Å². The van der Waals surface area contributed by atoms with Crippen molar-refractivity contribution in [3.63, 3.8) is 0 Å². The summed E-state index contributed by atoms with van der Waals surface area (Å²) >= 11 is 1.47. The zero-order valence-electron chi connectivity index (χ0n) is 16.7. The number of carbonyl (C=O) groups is 2. The number of nitrogens with zero attached hydrogens (tertiary/aromatic N) is 2. The number of methoxy groups -OCH3 is 1. The number of amidine groups is 1. The minimum atomic E-state index is -0.504. The van der Waals surface area contributed by atoms with Crippen molar-refractivity contribution in [2.45, 2.75) is 57.7 Å². The van der Waals surface area contributed by atoms with Gasteiger partial charge in [0.05, 0.1) is 29.7 Å². The number of rotatable bonds is 3. The molecular formula is C21H26N2O3S. The van der Waals surface area contributed by atoms with E-state index < -0.39 is 12.0 Å². The van der Waals surface area contributed by atoms with Gasteiger partial charge >= 0.3 is 5.97 Å². The predicted octanol–water partition coefficient (Wildman–Crippen LogP) is 4.20. The van der Waals surface area contributed by atoms with Crippen LogP contribution in [0, 0.1) is 0 Å². The van der Waals surface area contributed by atoms with E-state index in [0.29, 0.717) is 16.4 Å². The van der Waals surface area contributed by atoms with Gasteiger partial charge in [-0.05, 0) is 29.9 Å². The number of hydrogen-bond acceptors (Lipinski definition) is 5. The molecule has 27 heavy (non-hydrogen) atoms. The fraction of sp³-hybridized carbons (Fsp3) is 0.476. The number of aliphatic imine (C=N–C) groups is 1. The molecule has 0 aliphatic carbocycles. The molecule has 1 aromatic rings. The van der Waals surface area contributed by atoms with E-state index >= 15 is 0 Å². The van der Waals surface area contributed by atoms with Crippen LogP contribution in [-0.2, 0) is 19.7 Å². The first kappa shape index (κ1) is 19.7. The summed E-state index contributed by atoms with van der Waals surface area (Å²) < 4.78 is 5.02. The van der Waals surface area contributed by atoms with Crippen molar-refractivity contribution in [1.29, 1.82) is 0 Å². The van der Waals surface area contributed by atoms with Crippen molar-refractivity contribution < 1.29 is 14.3 Å². The third-order valence-corrected chi connectivity index (χ3v) is 6.34. The number of esters is 1. The minimum absolute atomic E-state index is 0.0000472. The Morgan fingerprint density at radius 3 is 2.41 bits per heavy atom. The van der Waals surface area contributed by atoms with E-state index in [2.05, 4.69) is 37.9 Å². The fourth-order valence-corrected chi connectivity index (χ4v) is 4.57. The van der Waals surface area contributed by atoms with Crippen LogP contribution in [0.15, 0.2) is 40.5 Å². The van der Waals surface area contributed by atoms with Crippen molar-refractivity contribution in [2.75, 3.05) is 7.11 Å². The lowest BCUT2D eigenvalue weighted by molar-refractivity contribution is -0.137. The zero-order valence-corrected chi connectivity index (χ0v) is 17.5. The number of allylic oxidation sites excluding steroid dienone is 1. The predicted molar refractivity (Wildman–Crippen MR) is 109 cm³/mol. The second-order valence-corrected chi connectivity index (χ2v) is 9.05. The van der Waals surface area contributed by atoms with Crippen LogP contribution in [0.2, 0.25) is 0 Å². The Morgan fingerprint density at radius 1 is 1.26 bits per heavy atom. The number of benzene rings is 1. The molecule has 3 rings (SSSR count). The maximum Gasteiger partial charge on any atom is 0.338 e. The van der Waals surface area contributed by atoms with Gasteiger partial charge in [-0.3, -0.25) is 9.69 Å². The Kier molecular flexibility index (Phi) is 5.21. The Bertz CT molecular complexity index is 834. The van der Waals surface area contributed by atoms with Gasteiger partial charge in [-0.15, -0.1) is 0 Å². The first-order chi connectivity index (χ1) is 12.7. The summed E-state index contributed by atoms with van der Waals surface area (Å²) in [6.45, 7) is 10.3. The molecule has 0 N–H and O–H groups in total. The van der Waals surface area contributed by atoms with Gasteiger partial charge in [0, 0.05) is 0 Å². The molecule has 5 nitrogen and oxygen atoms in total. The fourth-order valence-electron chi connectivity index (χ4n) is 3.44. The lowest BCUT2D eigenvalue weighted by atomic mass is 9.85. The highest BCUT2D eigenvalue weighted by Gasteiger charge is 2.47. The average Bonchev–Trinajstić information content (AvgIpc) is 2.94. The molecule has 1 aromatic carbocycles. The smallest absolute Gasteiger partial charge is 0.338 e. The highest BCUT2D eigenvalue weighted by atomic mass is 32.2. The number of thioether (sulfide) groups is 1. The molecule has 0 aromatic heterocycles. The van der Waals surface area contributed by atoms with Crippen molar-refractivity contribution in [1.82, 2.24) is 4.90 Å². The Balaban J connectivity index is 2.12. The van der Waals surface area contributed by atoms with Crippen molar-refractivity contribution >= 4 is 28.8 Å². The first-order valence-corrected chi connectivity index (χ1v) is 10.0. The average molecular weight is 387 g/mol. The molecule has 2 aliphatic rings. The first-order valence-electron chi connectivity index (χ1n) is 9.17. The van der Waals surface area contributed by atoms with Gasteiger partial charge in [-0.25, -0.2) is 9.79 Å². The summed E-state index contributed by atoms with van der Waals surface area (Å²) in [5.74, 6) is -0.446. The van der Waals surface area contributed by atoms with Gasteiger partial charge in [-0.1, -0.05) is 63.7 Å². The van der Waals surface area contributed by atoms with Crippen LogP contribution >= 0.6 is 11.8 Å². The van der Waals surface area contributed by atoms with Crippen LogP contribution in [0.3, 0.4) is 0 Å². The number of fused-ring (bicyclic) bond motifs is 1. The molecule has 0 saturated carbocycles. The lowest BCUT2D eigenvalue weighted by Crippen LogP contribution is -2.40. The number of amides is 1. The van der Waals surface area contributed by atoms with Crippen LogP contribution in [-0.4, -0.2) is 34.3 Å². The molecule has 1 amide bonds. The Hall–Kier alpha value is -2.08. The third kappa shape index (κ3) is 3.43. The molecule has 2 heterocycles. The van der Waals surface area contributed by atoms with Gasteiger partial charge in [-0.2, -0.15) is 0 Å². The summed E-state index contributed by atoms with van der Waals surface area (Å²) in [5, 5.41) is 0.506. The molecule has 1 fully saturated rings. The van der Waals surface area contributed by atoms with E-state index in [9.17, 15) is 9.59 Å². The van der Waals surface area contributed by atoms with E-state index in [-0.39, 0.29) is 16.6 Å². The van der Waals surface area contributed by atoms with Crippen molar-refractivity contribution in [3.8, 4) is 0 Å². The van der Waals surface area contributed by atoms with E-state index in [1.54, 1.807) is 11.8 Å². The van der Waals surface area contributed by atoms with Gasteiger partial charge in [0.2, 0.25) is 5.91 Å². The maximum absolute atomic E-state index is 13.0. The van der Waals surface area contributed by atoms with Crippen LogP contribution in [0.5, 0.6) is 0 Å². The monoisotopic (exact) mass is 386 g/mol. The van der Waals surface area contributed by atoms with E-state index in [4.69, 9.17) is 4.74 Å². The van der Waals surface area contributed by atoms with Crippen LogP contribution in [0.25, 0.3) is 0 Å².